The topological polar surface area (TPSA) is 40.5 Å². The van der Waals surface area contributed by atoms with E-state index in [-0.39, 0.29) is 11.8 Å². The van der Waals surface area contributed by atoms with Crippen molar-refractivity contribution in [2.24, 2.45) is 5.92 Å². The van der Waals surface area contributed by atoms with Crippen LogP contribution in [0.5, 0.6) is 0 Å². The van der Waals surface area contributed by atoms with Crippen LogP contribution in [0.15, 0.2) is 36.4 Å². The number of amides is 1. The number of aliphatic hydroxyl groups excluding tert-OH is 1. The molecule has 0 spiro atoms. The number of aliphatic hydroxyl groups is 1. The minimum atomic E-state index is -0.432. The van der Waals surface area contributed by atoms with Gasteiger partial charge in [0, 0.05) is 18.0 Å². The molecule has 134 valence electrons. The molecule has 0 radical (unpaired) electrons. The molecular formula is C21H27NO2S. The Morgan fingerprint density at radius 3 is 2.60 bits per heavy atom. The molecule has 0 saturated carbocycles. The van der Waals surface area contributed by atoms with Crippen molar-refractivity contribution in [1.82, 2.24) is 4.90 Å². The van der Waals surface area contributed by atoms with Crippen LogP contribution in [0.3, 0.4) is 0 Å². The Hall–Kier alpha value is -1.65. The van der Waals surface area contributed by atoms with Gasteiger partial charge in [-0.3, -0.25) is 4.79 Å². The molecule has 1 N–H and O–H groups in total. The van der Waals surface area contributed by atoms with Crippen LogP contribution >= 0.6 is 11.3 Å². The van der Waals surface area contributed by atoms with Crippen LogP contribution in [0.25, 0.3) is 0 Å². The molecule has 3 nitrogen and oxygen atoms in total. The molecule has 1 aromatic heterocycles. The van der Waals surface area contributed by atoms with Crippen molar-refractivity contribution in [1.29, 1.82) is 0 Å². The van der Waals surface area contributed by atoms with E-state index < -0.39 is 6.10 Å². The number of carbonyl (C=O) groups excluding carboxylic acids is 1. The minimum Gasteiger partial charge on any atom is -0.388 e. The maximum absolute atomic E-state index is 12.8. The van der Waals surface area contributed by atoms with Gasteiger partial charge in [-0.1, -0.05) is 43.7 Å². The number of carbonyl (C=O) groups is 1. The van der Waals surface area contributed by atoms with Gasteiger partial charge in [-0.25, -0.2) is 0 Å². The number of piperidine rings is 1. The molecule has 4 heteroatoms. The van der Waals surface area contributed by atoms with Crippen molar-refractivity contribution in [3.05, 3.63) is 57.3 Å². The van der Waals surface area contributed by atoms with Crippen LogP contribution in [0, 0.1) is 12.8 Å². The third kappa shape index (κ3) is 4.13. The van der Waals surface area contributed by atoms with Gasteiger partial charge in [0.05, 0.1) is 11.0 Å². The normalized spacial score (nSPS) is 16.8. The molecule has 1 unspecified atom stereocenters. The lowest BCUT2D eigenvalue weighted by Gasteiger charge is -2.34. The number of likely N-dealkylation sites (tertiary alicyclic amines) is 1. The van der Waals surface area contributed by atoms with Crippen LogP contribution in [0.4, 0.5) is 0 Å². The Morgan fingerprint density at radius 2 is 1.96 bits per heavy atom. The van der Waals surface area contributed by atoms with E-state index in [4.69, 9.17) is 0 Å². The highest BCUT2D eigenvalue weighted by Gasteiger charge is 2.29. The molecule has 2 aromatic rings. The van der Waals surface area contributed by atoms with E-state index >= 15 is 0 Å². The summed E-state index contributed by atoms with van der Waals surface area (Å²) < 4.78 is 0. The van der Waals surface area contributed by atoms with Gasteiger partial charge < -0.3 is 10.0 Å². The molecule has 3 rings (SSSR count). The summed E-state index contributed by atoms with van der Waals surface area (Å²) in [5, 5.41) is 10.6. The predicted octanol–water partition coefficient (Wildman–Crippen LogP) is 4.59. The molecule has 0 aliphatic carbocycles. The lowest BCUT2D eigenvalue weighted by Crippen LogP contribution is -2.39. The smallest absolute Gasteiger partial charge is 0.263 e. The van der Waals surface area contributed by atoms with Gasteiger partial charge in [-0.2, -0.15) is 0 Å². The molecule has 1 aromatic carbocycles. The first-order valence-corrected chi connectivity index (χ1v) is 10.0. The van der Waals surface area contributed by atoms with E-state index in [1.54, 1.807) is 11.3 Å². The highest BCUT2D eigenvalue weighted by Crippen LogP contribution is 2.32. The quantitative estimate of drug-likeness (QED) is 0.850. The van der Waals surface area contributed by atoms with Gasteiger partial charge in [0.1, 0.15) is 0 Å². The van der Waals surface area contributed by atoms with E-state index in [0.29, 0.717) is 0 Å². The van der Waals surface area contributed by atoms with Gasteiger partial charge in [-0.05, 0) is 49.3 Å². The Bertz CT molecular complexity index is 702. The summed E-state index contributed by atoms with van der Waals surface area (Å²) in [6.45, 7) is 5.73. The molecule has 1 aliphatic rings. The van der Waals surface area contributed by atoms with Crippen molar-refractivity contribution >= 4 is 17.2 Å². The van der Waals surface area contributed by atoms with Gasteiger partial charge in [0.25, 0.3) is 5.91 Å². The van der Waals surface area contributed by atoms with Crippen LogP contribution in [-0.4, -0.2) is 29.0 Å². The third-order valence-electron chi connectivity index (χ3n) is 5.17. The van der Waals surface area contributed by atoms with Crippen LogP contribution in [0.1, 0.15) is 58.0 Å². The summed E-state index contributed by atoms with van der Waals surface area (Å²) in [7, 11) is 0. The van der Waals surface area contributed by atoms with E-state index in [9.17, 15) is 9.90 Å². The van der Waals surface area contributed by atoms with Crippen molar-refractivity contribution in [3.63, 3.8) is 0 Å². The van der Waals surface area contributed by atoms with Crippen LogP contribution < -0.4 is 0 Å². The molecule has 25 heavy (non-hydrogen) atoms. The second kappa shape index (κ2) is 8.15. The number of nitrogens with zero attached hydrogens (tertiary/aromatic N) is 1. The molecule has 1 aliphatic heterocycles. The number of hydrogen-bond donors (Lipinski definition) is 1. The SMILES string of the molecule is CCCc1cc(C(=O)N2CCC(C(O)c3ccccc3)CC2)sc1C. The number of hydrogen-bond acceptors (Lipinski definition) is 3. The molecule has 0 bridgehead atoms. The fourth-order valence-corrected chi connectivity index (χ4v) is 4.68. The fraction of sp³-hybridized carbons (Fsp3) is 0.476. The molecule has 1 atom stereocenters. The monoisotopic (exact) mass is 357 g/mol. The highest BCUT2D eigenvalue weighted by atomic mass is 32.1. The minimum absolute atomic E-state index is 0.156. The van der Waals surface area contributed by atoms with Crippen molar-refractivity contribution in [2.75, 3.05) is 13.1 Å². The van der Waals surface area contributed by atoms with Crippen LogP contribution in [-0.2, 0) is 6.42 Å². The largest absolute Gasteiger partial charge is 0.388 e. The first-order valence-electron chi connectivity index (χ1n) is 9.21. The summed E-state index contributed by atoms with van der Waals surface area (Å²) in [4.78, 5) is 16.9. The molecule has 1 fully saturated rings. The fourth-order valence-electron chi connectivity index (χ4n) is 3.64. The zero-order valence-corrected chi connectivity index (χ0v) is 15.9. The second-order valence-corrected chi connectivity index (χ2v) is 8.18. The summed E-state index contributed by atoms with van der Waals surface area (Å²) in [5.41, 5.74) is 2.29. The number of benzene rings is 1. The van der Waals surface area contributed by atoms with Gasteiger partial charge in [0.15, 0.2) is 0 Å². The number of thiophene rings is 1. The lowest BCUT2D eigenvalue weighted by atomic mass is 9.87. The maximum atomic E-state index is 12.8. The Kier molecular flexibility index (Phi) is 5.92. The first-order chi connectivity index (χ1) is 12.1. The Morgan fingerprint density at radius 1 is 1.28 bits per heavy atom. The summed E-state index contributed by atoms with van der Waals surface area (Å²) in [5.74, 6) is 0.385. The average molecular weight is 358 g/mol. The van der Waals surface area contributed by atoms with E-state index in [1.807, 2.05) is 35.2 Å². The molecule has 1 saturated heterocycles. The molecule has 1 amide bonds. The Balaban J connectivity index is 1.60. The van der Waals surface area contributed by atoms with Crippen molar-refractivity contribution in [3.8, 4) is 0 Å². The van der Waals surface area contributed by atoms with E-state index in [2.05, 4.69) is 19.9 Å². The molecule has 2 heterocycles. The van der Waals surface area contributed by atoms with Crippen molar-refractivity contribution in [2.45, 2.75) is 45.6 Å². The standard InChI is InChI=1S/C21H27NO2S/c1-3-7-18-14-19(25-15(18)2)21(24)22-12-10-17(11-13-22)20(23)16-8-5-4-6-9-16/h4-6,8-9,14,17,20,23H,3,7,10-13H2,1-2H3. The lowest BCUT2D eigenvalue weighted by molar-refractivity contribution is 0.0465. The van der Waals surface area contributed by atoms with E-state index in [0.717, 1.165) is 49.2 Å². The first kappa shape index (κ1) is 18.2. The van der Waals surface area contributed by atoms with Gasteiger partial charge >= 0.3 is 0 Å². The maximum Gasteiger partial charge on any atom is 0.263 e. The summed E-state index contributed by atoms with van der Waals surface area (Å²) in [6.07, 6.45) is 3.43. The van der Waals surface area contributed by atoms with E-state index in [1.165, 1.54) is 10.4 Å². The summed E-state index contributed by atoms with van der Waals surface area (Å²) in [6, 6.07) is 11.9. The zero-order valence-electron chi connectivity index (χ0n) is 15.1. The second-order valence-electron chi connectivity index (χ2n) is 6.93. The predicted molar refractivity (Wildman–Crippen MR) is 103 cm³/mol. The zero-order chi connectivity index (χ0) is 17.8. The Labute approximate surface area is 154 Å². The summed E-state index contributed by atoms with van der Waals surface area (Å²) >= 11 is 1.62. The van der Waals surface area contributed by atoms with Gasteiger partial charge in [-0.15, -0.1) is 11.3 Å². The van der Waals surface area contributed by atoms with Gasteiger partial charge in [0.2, 0.25) is 0 Å². The number of rotatable bonds is 5. The number of aryl methyl sites for hydroxylation is 2. The third-order valence-corrected chi connectivity index (χ3v) is 6.25. The highest BCUT2D eigenvalue weighted by molar-refractivity contribution is 7.14. The van der Waals surface area contributed by atoms with Crippen molar-refractivity contribution < 1.29 is 9.90 Å². The molecular weight excluding hydrogens is 330 g/mol. The average Bonchev–Trinajstić information content (AvgIpc) is 3.02. The van der Waals surface area contributed by atoms with Crippen LogP contribution in [0.2, 0.25) is 0 Å².